The molecular formula is C12H11N3O5. The molecule has 0 atom stereocenters. The third kappa shape index (κ3) is 2.91. The first-order valence-corrected chi connectivity index (χ1v) is 5.69. The Labute approximate surface area is 113 Å². The fourth-order valence-electron chi connectivity index (χ4n) is 1.70. The van der Waals surface area contributed by atoms with Crippen molar-refractivity contribution in [1.82, 2.24) is 0 Å². The van der Waals surface area contributed by atoms with Gasteiger partial charge >= 0.3 is 0 Å². The molecule has 2 aromatic rings. The molecule has 1 heterocycles. The molecule has 0 bridgehead atoms. The van der Waals surface area contributed by atoms with E-state index in [2.05, 4.69) is 5.32 Å². The molecule has 8 heteroatoms. The van der Waals surface area contributed by atoms with Crippen LogP contribution in [0.4, 0.5) is 17.1 Å². The number of furan rings is 1. The second-order valence-corrected chi connectivity index (χ2v) is 4.08. The fraction of sp³-hybridized carbons (Fsp3) is 0.167. The summed E-state index contributed by atoms with van der Waals surface area (Å²) < 4.78 is 5.33. The van der Waals surface area contributed by atoms with E-state index in [-0.39, 0.29) is 23.6 Å². The van der Waals surface area contributed by atoms with Crippen LogP contribution in [0.1, 0.15) is 11.5 Å². The Kier molecular flexibility index (Phi) is 3.65. The van der Waals surface area contributed by atoms with E-state index >= 15 is 0 Å². The number of nitrogens with zero attached hydrogens (tertiary/aromatic N) is 2. The summed E-state index contributed by atoms with van der Waals surface area (Å²) in [5.74, 6) is 1.36. The predicted molar refractivity (Wildman–Crippen MR) is 70.5 cm³/mol. The molecule has 0 aliphatic heterocycles. The van der Waals surface area contributed by atoms with E-state index in [1.165, 1.54) is 12.1 Å². The van der Waals surface area contributed by atoms with Crippen LogP contribution < -0.4 is 5.32 Å². The molecule has 0 spiro atoms. The topological polar surface area (TPSA) is 111 Å². The molecule has 0 radical (unpaired) electrons. The highest BCUT2D eigenvalue weighted by atomic mass is 16.6. The van der Waals surface area contributed by atoms with Gasteiger partial charge in [-0.3, -0.25) is 20.2 Å². The van der Waals surface area contributed by atoms with E-state index < -0.39 is 9.85 Å². The van der Waals surface area contributed by atoms with Crippen molar-refractivity contribution in [2.45, 2.75) is 13.5 Å². The van der Waals surface area contributed by atoms with Gasteiger partial charge in [-0.2, -0.15) is 0 Å². The van der Waals surface area contributed by atoms with Gasteiger partial charge in [-0.25, -0.2) is 0 Å². The molecule has 0 unspecified atom stereocenters. The van der Waals surface area contributed by atoms with Gasteiger partial charge in [-0.1, -0.05) is 0 Å². The maximum Gasteiger partial charge on any atom is 0.299 e. The van der Waals surface area contributed by atoms with Crippen LogP contribution in [0, 0.1) is 27.2 Å². The minimum atomic E-state index is -0.674. The van der Waals surface area contributed by atoms with Gasteiger partial charge in [-0.15, -0.1) is 0 Å². The predicted octanol–water partition coefficient (Wildman–Crippen LogP) is 3.02. The third-order valence-corrected chi connectivity index (χ3v) is 2.64. The maximum atomic E-state index is 10.9. The summed E-state index contributed by atoms with van der Waals surface area (Å²) in [5, 5.41) is 24.4. The molecule has 1 aromatic carbocycles. The van der Waals surface area contributed by atoms with Crippen molar-refractivity contribution < 1.29 is 14.3 Å². The highest BCUT2D eigenvalue weighted by Crippen LogP contribution is 2.29. The maximum absolute atomic E-state index is 10.9. The van der Waals surface area contributed by atoms with Gasteiger partial charge in [0.1, 0.15) is 17.2 Å². The number of nitrogens with one attached hydrogen (secondary N) is 1. The molecule has 0 aliphatic rings. The molecule has 104 valence electrons. The van der Waals surface area contributed by atoms with Crippen molar-refractivity contribution in [3.8, 4) is 0 Å². The molecule has 1 aromatic heterocycles. The van der Waals surface area contributed by atoms with E-state index in [0.717, 1.165) is 11.8 Å². The third-order valence-electron chi connectivity index (χ3n) is 2.64. The molecule has 1 N–H and O–H groups in total. The van der Waals surface area contributed by atoms with Crippen molar-refractivity contribution in [3.05, 3.63) is 62.1 Å². The number of nitro benzene ring substituents is 2. The van der Waals surface area contributed by atoms with Crippen LogP contribution in [-0.4, -0.2) is 9.85 Å². The number of hydrogen-bond acceptors (Lipinski definition) is 6. The van der Waals surface area contributed by atoms with Crippen molar-refractivity contribution in [2.75, 3.05) is 5.32 Å². The smallest absolute Gasteiger partial charge is 0.299 e. The second-order valence-electron chi connectivity index (χ2n) is 4.08. The van der Waals surface area contributed by atoms with Crippen molar-refractivity contribution in [3.63, 3.8) is 0 Å². The lowest BCUT2D eigenvalue weighted by molar-refractivity contribution is -0.393. The van der Waals surface area contributed by atoms with Crippen LogP contribution in [0.2, 0.25) is 0 Å². The first-order valence-electron chi connectivity index (χ1n) is 5.69. The number of anilines is 1. The van der Waals surface area contributed by atoms with Gasteiger partial charge < -0.3 is 9.73 Å². The van der Waals surface area contributed by atoms with Gasteiger partial charge in [-0.05, 0) is 25.1 Å². The zero-order chi connectivity index (χ0) is 14.7. The normalized spacial score (nSPS) is 10.2. The van der Waals surface area contributed by atoms with Crippen molar-refractivity contribution in [1.29, 1.82) is 0 Å². The second kappa shape index (κ2) is 5.39. The minimum Gasteiger partial charge on any atom is -0.465 e. The lowest BCUT2D eigenvalue weighted by Gasteiger charge is -2.05. The number of hydrogen-bond donors (Lipinski definition) is 1. The lowest BCUT2D eigenvalue weighted by Crippen LogP contribution is -2.02. The molecular weight excluding hydrogens is 266 g/mol. The Morgan fingerprint density at radius 2 is 1.90 bits per heavy atom. The number of aryl methyl sites for hydroxylation is 1. The standard InChI is InChI=1S/C12H11N3O5/c1-8-2-4-10(20-8)7-13-11-5-3-9(14(16)17)6-12(11)15(18)19/h2-6,13H,7H2,1H3. The molecule has 0 saturated carbocycles. The van der Waals surface area contributed by atoms with Crippen LogP contribution in [0.15, 0.2) is 34.7 Å². The van der Waals surface area contributed by atoms with Gasteiger partial charge in [0.25, 0.3) is 11.4 Å². The van der Waals surface area contributed by atoms with Crippen molar-refractivity contribution in [2.24, 2.45) is 0 Å². The summed E-state index contributed by atoms with van der Waals surface area (Å²) in [5.41, 5.74) is -0.465. The summed E-state index contributed by atoms with van der Waals surface area (Å²) in [6.45, 7) is 2.05. The molecule has 0 aliphatic carbocycles. The van der Waals surface area contributed by atoms with Gasteiger partial charge in [0, 0.05) is 6.07 Å². The Hall–Kier alpha value is -2.90. The number of rotatable bonds is 5. The molecule has 0 fully saturated rings. The number of benzene rings is 1. The van der Waals surface area contributed by atoms with E-state index in [9.17, 15) is 20.2 Å². The van der Waals surface area contributed by atoms with E-state index in [1.807, 2.05) is 0 Å². The Balaban J connectivity index is 2.22. The molecule has 2 rings (SSSR count). The minimum absolute atomic E-state index is 0.203. The van der Waals surface area contributed by atoms with Crippen LogP contribution >= 0.6 is 0 Å². The van der Waals surface area contributed by atoms with E-state index in [0.29, 0.717) is 5.76 Å². The van der Waals surface area contributed by atoms with Crippen LogP contribution in [0.3, 0.4) is 0 Å². The average Bonchev–Trinajstić information content (AvgIpc) is 2.81. The summed E-state index contributed by atoms with van der Waals surface area (Å²) in [6.07, 6.45) is 0. The first kappa shape index (κ1) is 13.5. The number of nitro groups is 2. The Morgan fingerprint density at radius 1 is 1.15 bits per heavy atom. The zero-order valence-corrected chi connectivity index (χ0v) is 10.5. The molecule has 0 amide bonds. The Bertz CT molecular complexity index is 665. The Morgan fingerprint density at radius 3 is 2.45 bits per heavy atom. The summed E-state index contributed by atoms with van der Waals surface area (Å²) >= 11 is 0. The molecule has 20 heavy (non-hydrogen) atoms. The van der Waals surface area contributed by atoms with E-state index in [4.69, 9.17) is 4.42 Å². The van der Waals surface area contributed by atoms with Crippen LogP contribution in [0.5, 0.6) is 0 Å². The number of non-ortho nitro benzene ring substituents is 1. The molecule has 8 nitrogen and oxygen atoms in total. The van der Waals surface area contributed by atoms with Gasteiger partial charge in [0.2, 0.25) is 0 Å². The largest absolute Gasteiger partial charge is 0.465 e. The summed E-state index contributed by atoms with van der Waals surface area (Å²) in [7, 11) is 0. The van der Waals surface area contributed by atoms with Crippen LogP contribution in [0.25, 0.3) is 0 Å². The summed E-state index contributed by atoms with van der Waals surface area (Å²) in [4.78, 5) is 20.2. The highest BCUT2D eigenvalue weighted by molar-refractivity contribution is 5.65. The zero-order valence-electron chi connectivity index (χ0n) is 10.5. The quantitative estimate of drug-likeness (QED) is 0.664. The van der Waals surface area contributed by atoms with Gasteiger partial charge in [0.15, 0.2) is 0 Å². The van der Waals surface area contributed by atoms with Gasteiger partial charge in [0.05, 0.1) is 22.5 Å². The monoisotopic (exact) mass is 277 g/mol. The SMILES string of the molecule is Cc1ccc(CNc2ccc([N+](=O)[O-])cc2[N+](=O)[O-])o1. The highest BCUT2D eigenvalue weighted by Gasteiger charge is 2.19. The molecule has 0 saturated heterocycles. The van der Waals surface area contributed by atoms with E-state index in [1.54, 1.807) is 19.1 Å². The first-order chi connectivity index (χ1) is 9.47. The summed E-state index contributed by atoms with van der Waals surface area (Å²) in [6, 6.07) is 6.98. The average molecular weight is 277 g/mol. The van der Waals surface area contributed by atoms with Crippen LogP contribution in [-0.2, 0) is 6.54 Å². The fourth-order valence-corrected chi connectivity index (χ4v) is 1.70. The lowest BCUT2D eigenvalue weighted by atomic mass is 10.2. The van der Waals surface area contributed by atoms with Crippen molar-refractivity contribution >= 4 is 17.1 Å².